The van der Waals surface area contributed by atoms with Gasteiger partial charge in [0.05, 0.1) is 16.2 Å². The van der Waals surface area contributed by atoms with Crippen molar-refractivity contribution in [3.63, 3.8) is 0 Å². The fourth-order valence-electron chi connectivity index (χ4n) is 4.49. The lowest BCUT2D eigenvalue weighted by atomic mass is 9.86. The molecule has 1 atom stereocenters. The summed E-state index contributed by atoms with van der Waals surface area (Å²) >= 11 is 11.8. The first kappa shape index (κ1) is 23.6. The van der Waals surface area contributed by atoms with E-state index in [9.17, 15) is 27.6 Å². The summed E-state index contributed by atoms with van der Waals surface area (Å²) in [5.74, 6) is -3.54. The number of benzene rings is 1. The van der Waals surface area contributed by atoms with E-state index in [1.54, 1.807) is 0 Å². The van der Waals surface area contributed by atoms with Crippen molar-refractivity contribution in [2.75, 3.05) is 0 Å². The number of allylic oxidation sites excluding steroid dienone is 1. The molecule has 2 aliphatic rings. The van der Waals surface area contributed by atoms with Gasteiger partial charge in [-0.05, 0) is 44.9 Å². The van der Waals surface area contributed by atoms with Crippen LogP contribution in [0.1, 0.15) is 56.3 Å². The van der Waals surface area contributed by atoms with Crippen LogP contribution < -0.4 is 5.32 Å². The van der Waals surface area contributed by atoms with Crippen molar-refractivity contribution < 1.29 is 27.6 Å². The normalized spacial score (nSPS) is 22.8. The van der Waals surface area contributed by atoms with Crippen LogP contribution in [0, 0.1) is 0 Å². The summed E-state index contributed by atoms with van der Waals surface area (Å²) in [7, 11) is 0. The van der Waals surface area contributed by atoms with Gasteiger partial charge in [0.15, 0.2) is 5.78 Å². The quantitative estimate of drug-likeness (QED) is 0.659. The van der Waals surface area contributed by atoms with Crippen molar-refractivity contribution in [2.45, 2.75) is 63.7 Å². The second-order valence-corrected chi connectivity index (χ2v) is 8.65. The van der Waals surface area contributed by atoms with Crippen molar-refractivity contribution in [2.24, 2.45) is 0 Å². The molecule has 0 aromatic heterocycles. The first-order valence-corrected chi connectivity index (χ1v) is 10.6. The highest BCUT2D eigenvalue weighted by Gasteiger charge is 2.70. The van der Waals surface area contributed by atoms with Crippen molar-refractivity contribution in [3.8, 4) is 0 Å². The van der Waals surface area contributed by atoms with Crippen LogP contribution in [-0.4, -0.2) is 40.3 Å². The second kappa shape index (κ2) is 8.47. The molecule has 3 rings (SSSR count). The lowest BCUT2D eigenvalue weighted by Crippen LogP contribution is -2.66. The van der Waals surface area contributed by atoms with E-state index >= 15 is 0 Å². The summed E-state index contributed by atoms with van der Waals surface area (Å²) in [6.07, 6.45) is -1.74. The number of nitrogens with one attached hydrogen (secondary N) is 1. The van der Waals surface area contributed by atoms with Crippen LogP contribution in [0.3, 0.4) is 0 Å². The van der Waals surface area contributed by atoms with E-state index in [0.717, 1.165) is 37.2 Å². The van der Waals surface area contributed by atoms with E-state index in [0.29, 0.717) is 12.8 Å². The molecular formula is C21H21Cl2F3N2O3. The van der Waals surface area contributed by atoms with E-state index < -0.39 is 40.9 Å². The fraction of sp³-hybridized carbons (Fsp3) is 0.476. The molecule has 1 saturated carbocycles. The zero-order chi connectivity index (χ0) is 23.1. The van der Waals surface area contributed by atoms with Gasteiger partial charge >= 0.3 is 6.18 Å². The first-order valence-electron chi connectivity index (χ1n) is 9.82. The van der Waals surface area contributed by atoms with E-state index in [1.165, 1.54) is 19.1 Å². The number of amides is 2. The predicted molar refractivity (Wildman–Crippen MR) is 110 cm³/mol. The van der Waals surface area contributed by atoms with Crippen LogP contribution in [0.5, 0.6) is 0 Å². The van der Waals surface area contributed by atoms with Crippen LogP contribution in [0.15, 0.2) is 29.5 Å². The minimum atomic E-state index is -5.26. The highest BCUT2D eigenvalue weighted by Crippen LogP contribution is 2.47. The maximum atomic E-state index is 14.5. The summed E-state index contributed by atoms with van der Waals surface area (Å²) in [5, 5.41) is 1.84. The number of alkyl halides is 3. The van der Waals surface area contributed by atoms with Crippen molar-refractivity contribution >= 4 is 40.8 Å². The SMILES string of the molecule is CC(=O)C1=C(C)N(C2CCCCC2)C(=O)[C@@]1(NC(=O)c1ccc(Cl)cc1Cl)C(F)(F)F. The van der Waals surface area contributed by atoms with Gasteiger partial charge in [0.25, 0.3) is 11.8 Å². The highest BCUT2D eigenvalue weighted by atomic mass is 35.5. The summed E-state index contributed by atoms with van der Waals surface area (Å²) in [4.78, 5) is 39.6. The van der Waals surface area contributed by atoms with Gasteiger partial charge in [-0.25, -0.2) is 0 Å². The Kier molecular flexibility index (Phi) is 6.45. The molecule has 2 amide bonds. The Bertz CT molecular complexity index is 971. The molecular weight excluding hydrogens is 456 g/mol. The second-order valence-electron chi connectivity index (χ2n) is 7.81. The van der Waals surface area contributed by atoms with Crippen LogP contribution in [0.4, 0.5) is 13.2 Å². The molecule has 1 heterocycles. The van der Waals surface area contributed by atoms with E-state index in [4.69, 9.17) is 23.2 Å². The Hall–Kier alpha value is -2.06. The van der Waals surface area contributed by atoms with Gasteiger partial charge in [-0.1, -0.05) is 42.5 Å². The topological polar surface area (TPSA) is 66.5 Å². The average molecular weight is 477 g/mol. The zero-order valence-corrected chi connectivity index (χ0v) is 18.4. The molecule has 0 unspecified atom stereocenters. The Morgan fingerprint density at radius 3 is 2.29 bits per heavy atom. The number of ketones is 1. The molecule has 10 heteroatoms. The standard InChI is InChI=1S/C21H21Cl2F3N2O3/c1-11-17(12(2)29)20(21(24,25)26,19(31)28(11)14-6-4-3-5-7-14)27-18(30)15-9-8-13(22)10-16(15)23/h8-10,14H,3-7H2,1-2H3,(H,27,30)/t20-/m1/s1. The molecule has 31 heavy (non-hydrogen) atoms. The Labute approximate surface area is 187 Å². The van der Waals surface area contributed by atoms with Crippen molar-refractivity contribution in [1.82, 2.24) is 10.2 Å². The smallest absolute Gasteiger partial charge is 0.326 e. The predicted octanol–water partition coefficient (Wildman–Crippen LogP) is 5.06. The molecule has 0 radical (unpaired) electrons. The number of hydrogen-bond donors (Lipinski definition) is 1. The number of carbonyl (C=O) groups is 3. The zero-order valence-electron chi connectivity index (χ0n) is 16.9. The van der Waals surface area contributed by atoms with Gasteiger partial charge in [0.2, 0.25) is 5.54 Å². The van der Waals surface area contributed by atoms with Crippen molar-refractivity contribution in [1.29, 1.82) is 0 Å². The maximum absolute atomic E-state index is 14.5. The lowest BCUT2D eigenvalue weighted by Gasteiger charge is -2.36. The third-order valence-corrected chi connectivity index (χ3v) is 6.38. The molecule has 1 aromatic carbocycles. The van der Waals surface area contributed by atoms with E-state index in [-0.39, 0.29) is 21.3 Å². The Morgan fingerprint density at radius 2 is 1.77 bits per heavy atom. The largest absolute Gasteiger partial charge is 0.425 e. The number of Topliss-reactive ketones (excluding diaryl/α,β-unsaturated/α-hetero) is 1. The number of carbonyl (C=O) groups excluding carboxylic acids is 3. The summed E-state index contributed by atoms with van der Waals surface area (Å²) in [6.45, 7) is 2.27. The summed E-state index contributed by atoms with van der Waals surface area (Å²) in [6, 6.07) is 3.19. The number of halogens is 5. The Morgan fingerprint density at radius 1 is 1.16 bits per heavy atom. The van der Waals surface area contributed by atoms with Gasteiger partial charge in [-0.2, -0.15) is 13.2 Å². The molecule has 5 nitrogen and oxygen atoms in total. The van der Waals surface area contributed by atoms with E-state index in [2.05, 4.69) is 0 Å². The summed E-state index contributed by atoms with van der Waals surface area (Å²) < 4.78 is 43.6. The number of hydrogen-bond acceptors (Lipinski definition) is 3. The van der Waals surface area contributed by atoms with Gasteiger partial charge in [-0.3, -0.25) is 14.4 Å². The first-order chi connectivity index (χ1) is 14.4. The molecule has 1 aromatic rings. The molecule has 0 spiro atoms. The lowest BCUT2D eigenvalue weighted by molar-refractivity contribution is -0.191. The van der Waals surface area contributed by atoms with Crippen LogP contribution in [0.25, 0.3) is 0 Å². The average Bonchev–Trinajstić information content (AvgIpc) is 2.89. The number of nitrogens with zero attached hydrogens (tertiary/aromatic N) is 1. The fourth-order valence-corrected chi connectivity index (χ4v) is 4.98. The van der Waals surface area contributed by atoms with Crippen LogP contribution in [0.2, 0.25) is 10.0 Å². The minimum Gasteiger partial charge on any atom is -0.326 e. The van der Waals surface area contributed by atoms with Gasteiger partial charge in [0.1, 0.15) is 0 Å². The molecule has 0 saturated heterocycles. The highest BCUT2D eigenvalue weighted by molar-refractivity contribution is 6.36. The third-order valence-electron chi connectivity index (χ3n) is 5.83. The molecule has 1 aliphatic heterocycles. The monoisotopic (exact) mass is 476 g/mol. The molecule has 1 aliphatic carbocycles. The molecule has 168 valence electrons. The van der Waals surface area contributed by atoms with Crippen molar-refractivity contribution in [3.05, 3.63) is 45.1 Å². The minimum absolute atomic E-state index is 0.0794. The van der Waals surface area contributed by atoms with Crippen LogP contribution >= 0.6 is 23.2 Å². The third kappa shape index (κ3) is 3.96. The van der Waals surface area contributed by atoms with E-state index in [1.807, 2.05) is 5.32 Å². The molecule has 0 bridgehead atoms. The molecule has 1 fully saturated rings. The Balaban J connectivity index is 2.13. The van der Waals surface area contributed by atoms with Gasteiger partial charge < -0.3 is 10.2 Å². The van der Waals surface area contributed by atoms with Gasteiger partial charge in [-0.15, -0.1) is 0 Å². The maximum Gasteiger partial charge on any atom is 0.425 e. The van der Waals surface area contributed by atoms with Gasteiger partial charge in [0, 0.05) is 16.8 Å². The van der Waals surface area contributed by atoms with Crippen LogP contribution in [-0.2, 0) is 9.59 Å². The number of rotatable bonds is 4. The molecule has 1 N–H and O–H groups in total. The summed E-state index contributed by atoms with van der Waals surface area (Å²) in [5.41, 5.74) is -4.63.